The molecule has 3 atom stereocenters. The molecular formula is C21H26N2O3. The molecule has 0 radical (unpaired) electrons. The summed E-state index contributed by atoms with van der Waals surface area (Å²) in [5, 5.41) is 3.78. The average Bonchev–Trinajstić information content (AvgIpc) is 2.62. The van der Waals surface area contributed by atoms with Crippen LogP contribution >= 0.6 is 0 Å². The number of carbonyl (C=O) groups excluding carboxylic acids is 2. The number of fused-ring (bicyclic) bond motifs is 1. The lowest BCUT2D eigenvalue weighted by Crippen LogP contribution is -2.46. The van der Waals surface area contributed by atoms with Crippen molar-refractivity contribution in [2.24, 2.45) is 5.92 Å². The first-order chi connectivity index (χ1) is 12.5. The maximum atomic E-state index is 12.7. The standard InChI is InChI=1S/C21H26N2O3/c1-13-8-4-6-10-18(13)23-20(24)15(3)26-21(25)17-12-14(2)22-19-11-7-5-9-16(17)19/h5,7,9,11-13,15,18H,4,6,8,10H2,1-3H3,(H,23,24)/t13-,15-,18-/m1/s1. The number of aryl methyl sites for hydroxylation is 1. The molecule has 1 aliphatic rings. The molecule has 1 heterocycles. The lowest BCUT2D eigenvalue weighted by molar-refractivity contribution is -0.130. The number of amides is 1. The number of aromatic nitrogens is 1. The Kier molecular flexibility index (Phi) is 5.55. The Morgan fingerprint density at radius 1 is 1.23 bits per heavy atom. The molecule has 0 unspecified atom stereocenters. The monoisotopic (exact) mass is 354 g/mol. The Morgan fingerprint density at radius 2 is 1.96 bits per heavy atom. The molecule has 0 spiro atoms. The van der Waals surface area contributed by atoms with Crippen molar-refractivity contribution in [1.29, 1.82) is 0 Å². The number of hydrogen-bond donors (Lipinski definition) is 1. The average molecular weight is 354 g/mol. The second-order valence-corrected chi connectivity index (χ2v) is 7.25. The van der Waals surface area contributed by atoms with E-state index in [0.29, 0.717) is 11.5 Å². The van der Waals surface area contributed by atoms with Gasteiger partial charge in [0, 0.05) is 17.1 Å². The molecule has 0 saturated heterocycles. The van der Waals surface area contributed by atoms with Gasteiger partial charge in [0.25, 0.3) is 5.91 Å². The Hall–Kier alpha value is -2.43. The summed E-state index contributed by atoms with van der Waals surface area (Å²) in [4.78, 5) is 29.5. The number of nitrogens with zero attached hydrogens (tertiary/aromatic N) is 1. The molecule has 0 aliphatic heterocycles. The van der Waals surface area contributed by atoms with Gasteiger partial charge in [-0.25, -0.2) is 4.79 Å². The van der Waals surface area contributed by atoms with Crippen molar-refractivity contribution in [2.45, 2.75) is 58.6 Å². The second-order valence-electron chi connectivity index (χ2n) is 7.25. The van der Waals surface area contributed by atoms with Crippen LogP contribution in [0.4, 0.5) is 0 Å². The number of pyridine rings is 1. The van der Waals surface area contributed by atoms with Crippen LogP contribution in [-0.4, -0.2) is 29.0 Å². The molecule has 1 aromatic carbocycles. The third-order valence-corrected chi connectivity index (χ3v) is 5.16. The van der Waals surface area contributed by atoms with E-state index in [4.69, 9.17) is 4.74 Å². The molecule has 5 heteroatoms. The van der Waals surface area contributed by atoms with Crippen molar-refractivity contribution in [2.75, 3.05) is 0 Å². The molecule has 1 fully saturated rings. The van der Waals surface area contributed by atoms with E-state index >= 15 is 0 Å². The molecule has 0 bridgehead atoms. The van der Waals surface area contributed by atoms with E-state index in [2.05, 4.69) is 17.2 Å². The zero-order valence-electron chi connectivity index (χ0n) is 15.6. The molecule has 138 valence electrons. The minimum absolute atomic E-state index is 0.168. The fraction of sp³-hybridized carbons (Fsp3) is 0.476. The fourth-order valence-corrected chi connectivity index (χ4v) is 3.59. The number of nitrogens with one attached hydrogen (secondary N) is 1. The van der Waals surface area contributed by atoms with E-state index in [0.717, 1.165) is 35.9 Å². The van der Waals surface area contributed by atoms with Crippen LogP contribution in [-0.2, 0) is 9.53 Å². The predicted octanol–water partition coefficient (Wildman–Crippen LogP) is 3.78. The van der Waals surface area contributed by atoms with Gasteiger partial charge in [0.05, 0.1) is 11.1 Å². The molecule has 26 heavy (non-hydrogen) atoms. The van der Waals surface area contributed by atoms with Gasteiger partial charge in [0.1, 0.15) is 0 Å². The zero-order chi connectivity index (χ0) is 18.7. The number of hydrogen-bond acceptors (Lipinski definition) is 4. The van der Waals surface area contributed by atoms with Crippen LogP contribution in [0.25, 0.3) is 10.9 Å². The normalized spacial score (nSPS) is 21.2. The van der Waals surface area contributed by atoms with E-state index in [1.165, 1.54) is 6.42 Å². The van der Waals surface area contributed by atoms with Gasteiger partial charge in [-0.2, -0.15) is 0 Å². The van der Waals surface area contributed by atoms with E-state index in [9.17, 15) is 9.59 Å². The Morgan fingerprint density at radius 3 is 2.73 bits per heavy atom. The summed E-state index contributed by atoms with van der Waals surface area (Å²) in [5.74, 6) is -0.263. The summed E-state index contributed by atoms with van der Waals surface area (Å²) in [6, 6.07) is 9.31. The molecule has 1 amide bonds. The Balaban J connectivity index is 1.70. The van der Waals surface area contributed by atoms with Gasteiger partial charge in [-0.15, -0.1) is 0 Å². The Labute approximate surface area is 154 Å². The number of para-hydroxylation sites is 1. The number of ether oxygens (including phenoxy) is 1. The first-order valence-corrected chi connectivity index (χ1v) is 9.33. The quantitative estimate of drug-likeness (QED) is 0.849. The lowest BCUT2D eigenvalue weighted by atomic mass is 9.86. The third kappa shape index (κ3) is 4.03. The van der Waals surface area contributed by atoms with Gasteiger partial charge < -0.3 is 10.1 Å². The third-order valence-electron chi connectivity index (χ3n) is 5.16. The maximum absolute atomic E-state index is 12.7. The van der Waals surface area contributed by atoms with Crippen LogP contribution in [0.2, 0.25) is 0 Å². The molecule has 1 aromatic heterocycles. The molecule has 5 nitrogen and oxygen atoms in total. The molecule has 1 N–H and O–H groups in total. The topological polar surface area (TPSA) is 68.3 Å². The highest BCUT2D eigenvalue weighted by atomic mass is 16.5. The van der Waals surface area contributed by atoms with Gasteiger partial charge in [0.15, 0.2) is 6.10 Å². The van der Waals surface area contributed by atoms with Crippen molar-refractivity contribution < 1.29 is 14.3 Å². The van der Waals surface area contributed by atoms with E-state index in [1.807, 2.05) is 31.2 Å². The van der Waals surface area contributed by atoms with E-state index in [1.54, 1.807) is 13.0 Å². The van der Waals surface area contributed by atoms with Gasteiger partial charge in [0.2, 0.25) is 0 Å². The van der Waals surface area contributed by atoms with Crippen LogP contribution in [0, 0.1) is 12.8 Å². The molecular weight excluding hydrogens is 328 g/mol. The number of esters is 1. The van der Waals surface area contributed by atoms with Crippen LogP contribution in [0.3, 0.4) is 0 Å². The fourth-order valence-electron chi connectivity index (χ4n) is 3.59. The van der Waals surface area contributed by atoms with Crippen LogP contribution < -0.4 is 5.32 Å². The van der Waals surface area contributed by atoms with Crippen molar-refractivity contribution in [3.8, 4) is 0 Å². The first kappa shape index (κ1) is 18.4. The van der Waals surface area contributed by atoms with E-state index < -0.39 is 12.1 Å². The largest absolute Gasteiger partial charge is 0.449 e. The number of carbonyl (C=O) groups is 2. The van der Waals surface area contributed by atoms with Gasteiger partial charge in [-0.3, -0.25) is 9.78 Å². The van der Waals surface area contributed by atoms with Gasteiger partial charge in [-0.1, -0.05) is 38.0 Å². The summed E-state index contributed by atoms with van der Waals surface area (Å²) >= 11 is 0. The minimum Gasteiger partial charge on any atom is -0.449 e. The molecule has 3 rings (SSSR count). The summed E-state index contributed by atoms with van der Waals surface area (Å²) in [7, 11) is 0. The highest BCUT2D eigenvalue weighted by molar-refractivity contribution is 6.04. The highest BCUT2D eigenvalue weighted by Gasteiger charge is 2.27. The molecule has 1 aliphatic carbocycles. The number of benzene rings is 1. The first-order valence-electron chi connectivity index (χ1n) is 9.33. The smallest absolute Gasteiger partial charge is 0.339 e. The molecule has 1 saturated carbocycles. The predicted molar refractivity (Wildman–Crippen MR) is 101 cm³/mol. The van der Waals surface area contributed by atoms with Crippen LogP contribution in [0.1, 0.15) is 55.6 Å². The summed E-state index contributed by atoms with van der Waals surface area (Å²) in [5.41, 5.74) is 1.93. The van der Waals surface area contributed by atoms with Crippen molar-refractivity contribution in [3.63, 3.8) is 0 Å². The maximum Gasteiger partial charge on any atom is 0.339 e. The van der Waals surface area contributed by atoms with Gasteiger partial charge >= 0.3 is 5.97 Å². The summed E-state index contributed by atoms with van der Waals surface area (Å²) in [6.45, 7) is 5.62. The van der Waals surface area contributed by atoms with Crippen LogP contribution in [0.5, 0.6) is 0 Å². The summed E-state index contributed by atoms with van der Waals surface area (Å²) in [6.07, 6.45) is 3.63. The van der Waals surface area contributed by atoms with Crippen LogP contribution in [0.15, 0.2) is 30.3 Å². The van der Waals surface area contributed by atoms with E-state index in [-0.39, 0.29) is 11.9 Å². The number of rotatable bonds is 4. The SMILES string of the molecule is Cc1cc(C(=O)O[C@H](C)C(=O)N[C@@H]2CCCC[C@H]2C)c2ccccc2n1. The second kappa shape index (κ2) is 7.85. The van der Waals surface area contributed by atoms with Crippen molar-refractivity contribution >= 4 is 22.8 Å². The minimum atomic E-state index is -0.830. The Bertz CT molecular complexity index is 818. The molecule has 2 aromatic rings. The zero-order valence-corrected chi connectivity index (χ0v) is 15.6. The summed E-state index contributed by atoms with van der Waals surface area (Å²) < 4.78 is 5.46. The van der Waals surface area contributed by atoms with Gasteiger partial charge in [-0.05, 0) is 44.7 Å². The van der Waals surface area contributed by atoms with Crippen molar-refractivity contribution in [1.82, 2.24) is 10.3 Å². The highest BCUT2D eigenvalue weighted by Crippen LogP contribution is 2.24. The lowest BCUT2D eigenvalue weighted by Gasteiger charge is -2.30. The van der Waals surface area contributed by atoms with Crippen molar-refractivity contribution in [3.05, 3.63) is 41.6 Å².